The van der Waals surface area contributed by atoms with Gasteiger partial charge in [0.2, 0.25) is 0 Å². The number of aromatic amines is 1. The van der Waals surface area contributed by atoms with Crippen molar-refractivity contribution in [1.29, 1.82) is 0 Å². The second-order valence-electron chi connectivity index (χ2n) is 7.56. The number of hydrogen-bond donors (Lipinski definition) is 2. The first kappa shape index (κ1) is 23.3. The van der Waals surface area contributed by atoms with Gasteiger partial charge in [-0.05, 0) is 41.8 Å². The molecule has 0 aliphatic heterocycles. The van der Waals surface area contributed by atoms with Gasteiger partial charge in [-0.25, -0.2) is 9.78 Å². The van der Waals surface area contributed by atoms with Crippen molar-refractivity contribution in [3.05, 3.63) is 92.3 Å². The molecule has 0 saturated carbocycles. The zero-order valence-electron chi connectivity index (χ0n) is 18.4. The van der Waals surface area contributed by atoms with Crippen LogP contribution in [0.25, 0.3) is 10.2 Å². The van der Waals surface area contributed by atoms with Crippen LogP contribution >= 0.6 is 11.3 Å². The van der Waals surface area contributed by atoms with Gasteiger partial charge in [-0.2, -0.15) is 0 Å². The third-order valence-electron chi connectivity index (χ3n) is 5.32. The number of Topliss-reactive ketones (excluding diaryl/α,β-unsaturated/α-hetero) is 1. The lowest BCUT2D eigenvalue weighted by molar-refractivity contribution is 0.0474. The van der Waals surface area contributed by atoms with Crippen molar-refractivity contribution >= 4 is 33.3 Å². The molecule has 0 spiro atoms. The van der Waals surface area contributed by atoms with Gasteiger partial charge in [0.25, 0.3) is 5.56 Å². The number of aliphatic hydroxyl groups excluding tert-OH is 1. The van der Waals surface area contributed by atoms with Crippen molar-refractivity contribution in [3.63, 3.8) is 0 Å². The van der Waals surface area contributed by atoms with Gasteiger partial charge in [-0.15, -0.1) is 11.3 Å². The molecule has 9 heteroatoms. The molecule has 0 atom stereocenters. The molecule has 0 saturated heterocycles. The Morgan fingerprint density at radius 3 is 2.44 bits per heavy atom. The van der Waals surface area contributed by atoms with Crippen molar-refractivity contribution < 1.29 is 24.2 Å². The lowest BCUT2D eigenvalue weighted by Crippen LogP contribution is -2.16. The van der Waals surface area contributed by atoms with E-state index in [9.17, 15) is 14.4 Å². The Morgan fingerprint density at radius 1 is 1.06 bits per heavy atom. The van der Waals surface area contributed by atoms with Crippen LogP contribution in [0.4, 0.5) is 0 Å². The Bertz CT molecular complexity index is 1370. The number of hydrogen-bond acceptors (Lipinski definition) is 8. The summed E-state index contributed by atoms with van der Waals surface area (Å²) < 4.78 is 10.5. The van der Waals surface area contributed by atoms with E-state index in [4.69, 9.17) is 14.6 Å². The number of esters is 1. The summed E-state index contributed by atoms with van der Waals surface area (Å²) in [5, 5.41) is 11.1. The molecule has 0 aliphatic carbocycles. The standard InChI is InChI=1S/C25H22N2O6S/c1-32-19-9-4-15(5-10-19)6-11-20(29)22-26-23(30)21-18(14-34-24(21)27-22)13-33-25(31)17-7-2-16(12-28)3-8-17/h2-5,7-10,14,28H,6,11-13H2,1H3,(H,26,27,30). The molecule has 34 heavy (non-hydrogen) atoms. The average molecular weight is 479 g/mol. The highest BCUT2D eigenvalue weighted by atomic mass is 32.1. The number of nitrogens with one attached hydrogen (secondary N) is 1. The fourth-order valence-electron chi connectivity index (χ4n) is 3.39. The van der Waals surface area contributed by atoms with E-state index in [0.717, 1.165) is 11.3 Å². The molecule has 2 heterocycles. The molecule has 0 radical (unpaired) electrons. The van der Waals surface area contributed by atoms with E-state index < -0.39 is 11.5 Å². The molecule has 2 N–H and O–H groups in total. The number of aromatic nitrogens is 2. The third kappa shape index (κ3) is 5.22. The molecule has 174 valence electrons. The Labute approximate surface area is 198 Å². The molecule has 2 aromatic heterocycles. The van der Waals surface area contributed by atoms with Crippen LogP contribution in [-0.2, 0) is 24.4 Å². The first-order valence-electron chi connectivity index (χ1n) is 10.5. The molecule has 4 aromatic rings. The van der Waals surface area contributed by atoms with Crippen molar-refractivity contribution in [2.24, 2.45) is 0 Å². The first-order chi connectivity index (χ1) is 16.5. The number of aliphatic hydroxyl groups is 1. The van der Waals surface area contributed by atoms with Gasteiger partial charge in [-0.3, -0.25) is 9.59 Å². The number of H-pyrrole nitrogens is 1. The van der Waals surface area contributed by atoms with Crippen LogP contribution in [0.5, 0.6) is 5.75 Å². The van der Waals surface area contributed by atoms with E-state index in [1.54, 1.807) is 36.8 Å². The number of ketones is 1. The quantitative estimate of drug-likeness (QED) is 0.278. The number of thiophene rings is 1. The van der Waals surface area contributed by atoms with E-state index in [1.807, 2.05) is 24.3 Å². The highest BCUT2D eigenvalue weighted by molar-refractivity contribution is 7.16. The van der Waals surface area contributed by atoms with E-state index in [0.29, 0.717) is 33.3 Å². The van der Waals surface area contributed by atoms with Gasteiger partial charge in [0.1, 0.15) is 17.2 Å². The van der Waals surface area contributed by atoms with Crippen molar-refractivity contribution in [1.82, 2.24) is 9.97 Å². The van der Waals surface area contributed by atoms with Crippen LogP contribution in [0.15, 0.2) is 58.7 Å². The number of aryl methyl sites for hydroxylation is 1. The predicted molar refractivity (Wildman–Crippen MR) is 127 cm³/mol. The monoisotopic (exact) mass is 478 g/mol. The Balaban J connectivity index is 1.43. The minimum atomic E-state index is -0.543. The molecule has 0 aliphatic rings. The van der Waals surface area contributed by atoms with E-state index in [2.05, 4.69) is 9.97 Å². The van der Waals surface area contributed by atoms with Gasteiger partial charge in [0.15, 0.2) is 11.6 Å². The van der Waals surface area contributed by atoms with E-state index in [-0.39, 0.29) is 31.2 Å². The number of rotatable bonds is 9. The number of nitrogens with zero attached hydrogens (tertiary/aromatic N) is 1. The molecular weight excluding hydrogens is 456 g/mol. The number of carbonyl (C=O) groups is 2. The number of carbonyl (C=O) groups excluding carboxylic acids is 2. The molecule has 8 nitrogen and oxygen atoms in total. The fraction of sp³-hybridized carbons (Fsp3) is 0.200. The Hall–Kier alpha value is -3.82. The second-order valence-corrected chi connectivity index (χ2v) is 8.42. The summed E-state index contributed by atoms with van der Waals surface area (Å²) in [6.45, 7) is -0.214. The molecule has 0 unspecified atom stereocenters. The fourth-order valence-corrected chi connectivity index (χ4v) is 4.31. The first-order valence-corrected chi connectivity index (χ1v) is 11.4. The summed E-state index contributed by atoms with van der Waals surface area (Å²) >= 11 is 1.21. The summed E-state index contributed by atoms with van der Waals surface area (Å²) in [6, 6.07) is 13.8. The number of methoxy groups -OCH3 is 1. The minimum Gasteiger partial charge on any atom is -0.497 e. The topological polar surface area (TPSA) is 119 Å². The zero-order valence-corrected chi connectivity index (χ0v) is 19.2. The maximum Gasteiger partial charge on any atom is 0.338 e. The molecule has 2 aromatic carbocycles. The van der Waals surface area contributed by atoms with Crippen LogP contribution in [0, 0.1) is 0 Å². The van der Waals surface area contributed by atoms with Crippen LogP contribution < -0.4 is 10.3 Å². The number of benzene rings is 2. The average Bonchev–Trinajstić information content (AvgIpc) is 3.29. The van der Waals surface area contributed by atoms with Crippen molar-refractivity contribution in [2.75, 3.05) is 7.11 Å². The van der Waals surface area contributed by atoms with Crippen LogP contribution in [0.1, 0.15) is 44.1 Å². The summed E-state index contributed by atoms with van der Waals surface area (Å²) in [7, 11) is 1.59. The highest BCUT2D eigenvalue weighted by Crippen LogP contribution is 2.23. The highest BCUT2D eigenvalue weighted by Gasteiger charge is 2.17. The summed E-state index contributed by atoms with van der Waals surface area (Å²) in [6.07, 6.45) is 0.710. The smallest absolute Gasteiger partial charge is 0.338 e. The van der Waals surface area contributed by atoms with E-state index >= 15 is 0 Å². The molecule has 4 rings (SSSR count). The summed E-state index contributed by atoms with van der Waals surface area (Å²) in [5.41, 5.74) is 2.08. The molecular formula is C25H22N2O6S. The van der Waals surface area contributed by atoms with Gasteiger partial charge in [-0.1, -0.05) is 24.3 Å². The van der Waals surface area contributed by atoms with Gasteiger partial charge < -0.3 is 19.6 Å². The number of ether oxygens (including phenoxy) is 2. The summed E-state index contributed by atoms with van der Waals surface area (Å²) in [4.78, 5) is 44.9. The maximum absolute atomic E-state index is 12.7. The molecule has 0 bridgehead atoms. The largest absolute Gasteiger partial charge is 0.497 e. The van der Waals surface area contributed by atoms with Crippen LogP contribution in [0.2, 0.25) is 0 Å². The van der Waals surface area contributed by atoms with Crippen molar-refractivity contribution in [3.8, 4) is 5.75 Å². The molecule has 0 fully saturated rings. The van der Waals surface area contributed by atoms with Crippen LogP contribution in [-0.4, -0.2) is 33.9 Å². The van der Waals surface area contributed by atoms with E-state index in [1.165, 1.54) is 11.3 Å². The van der Waals surface area contributed by atoms with Gasteiger partial charge >= 0.3 is 5.97 Å². The minimum absolute atomic E-state index is 0.0142. The summed E-state index contributed by atoms with van der Waals surface area (Å²) in [5.74, 6) is -0.0493. The third-order valence-corrected chi connectivity index (χ3v) is 6.24. The number of fused-ring (bicyclic) bond motifs is 1. The SMILES string of the molecule is COc1ccc(CCC(=O)c2nc3scc(COC(=O)c4ccc(CO)cc4)c3c(=O)[nH]2)cc1. The maximum atomic E-state index is 12.7. The van der Waals surface area contributed by atoms with Crippen molar-refractivity contribution in [2.45, 2.75) is 26.1 Å². The predicted octanol–water partition coefficient (Wildman–Crippen LogP) is 3.66. The second kappa shape index (κ2) is 10.4. The van der Waals surface area contributed by atoms with Crippen LogP contribution in [0.3, 0.4) is 0 Å². The van der Waals surface area contributed by atoms with Gasteiger partial charge in [0, 0.05) is 17.4 Å². The Morgan fingerprint density at radius 2 is 1.76 bits per heavy atom. The lowest BCUT2D eigenvalue weighted by Gasteiger charge is -2.05. The Kier molecular flexibility index (Phi) is 7.15. The zero-order chi connectivity index (χ0) is 24.1. The van der Waals surface area contributed by atoms with Gasteiger partial charge in [0.05, 0.1) is 24.7 Å². The normalized spacial score (nSPS) is 10.9. The molecule has 0 amide bonds. The lowest BCUT2D eigenvalue weighted by atomic mass is 10.1.